The van der Waals surface area contributed by atoms with Gasteiger partial charge in [-0.05, 0) is 18.2 Å². The zero-order valence-electron chi connectivity index (χ0n) is 8.17. The summed E-state index contributed by atoms with van der Waals surface area (Å²) in [5.74, 6) is 0. The Balaban J connectivity index is 3.20. The van der Waals surface area contributed by atoms with Gasteiger partial charge >= 0.3 is 6.18 Å². The second-order valence-corrected chi connectivity index (χ2v) is 4.92. The van der Waals surface area contributed by atoms with Gasteiger partial charge in [-0.2, -0.15) is 13.2 Å². The van der Waals surface area contributed by atoms with Gasteiger partial charge in [-0.1, -0.05) is 0 Å². The van der Waals surface area contributed by atoms with Crippen molar-refractivity contribution in [1.29, 1.82) is 0 Å². The van der Waals surface area contributed by atoms with Crippen molar-refractivity contribution < 1.29 is 21.6 Å². The third kappa shape index (κ3) is 3.30. The third-order valence-electron chi connectivity index (χ3n) is 1.68. The number of rotatable bonds is 2. The largest absolute Gasteiger partial charge is 0.416 e. The minimum absolute atomic E-state index is 0.0709. The molecular weight excluding hydrogens is 245 g/mol. The molecule has 0 aliphatic carbocycles. The van der Waals surface area contributed by atoms with Crippen LogP contribution in [0.2, 0.25) is 0 Å². The number of hydrogen-bond donors (Lipinski definition) is 2. The molecule has 0 saturated heterocycles. The first-order valence-corrected chi connectivity index (χ1v) is 5.93. The van der Waals surface area contributed by atoms with Gasteiger partial charge in [0.2, 0.25) is 10.0 Å². The Morgan fingerprint density at radius 2 is 1.88 bits per heavy atom. The minimum Gasteiger partial charge on any atom is -0.397 e. The molecule has 90 valence electrons. The highest BCUT2D eigenvalue weighted by Gasteiger charge is 2.31. The maximum atomic E-state index is 12.3. The van der Waals surface area contributed by atoms with Crippen LogP contribution < -0.4 is 10.5 Å². The van der Waals surface area contributed by atoms with Crippen molar-refractivity contribution in [2.75, 3.05) is 16.7 Å². The van der Waals surface area contributed by atoms with E-state index >= 15 is 0 Å². The predicted octanol–water partition coefficient (Wildman–Crippen LogP) is 1.66. The Morgan fingerprint density at radius 3 is 2.31 bits per heavy atom. The van der Waals surface area contributed by atoms with E-state index in [-0.39, 0.29) is 11.4 Å². The molecule has 0 bridgehead atoms. The first-order chi connectivity index (χ1) is 7.09. The number of hydrogen-bond acceptors (Lipinski definition) is 3. The van der Waals surface area contributed by atoms with Gasteiger partial charge in [-0.25, -0.2) is 8.42 Å². The van der Waals surface area contributed by atoms with Gasteiger partial charge < -0.3 is 5.73 Å². The zero-order valence-corrected chi connectivity index (χ0v) is 8.98. The smallest absolute Gasteiger partial charge is 0.397 e. The highest BCUT2D eigenvalue weighted by molar-refractivity contribution is 7.92. The van der Waals surface area contributed by atoms with E-state index in [4.69, 9.17) is 5.73 Å². The number of anilines is 2. The zero-order chi connectivity index (χ0) is 12.6. The van der Waals surface area contributed by atoms with E-state index in [1.807, 2.05) is 4.72 Å². The SMILES string of the molecule is CS(=O)(=O)Nc1cc(C(F)(F)F)ccc1N. The summed E-state index contributed by atoms with van der Waals surface area (Å²) in [5.41, 5.74) is 4.03. The molecule has 4 nitrogen and oxygen atoms in total. The summed E-state index contributed by atoms with van der Waals surface area (Å²) < 4.78 is 60.6. The van der Waals surface area contributed by atoms with E-state index in [9.17, 15) is 21.6 Å². The number of halogens is 3. The molecule has 0 radical (unpaired) electrons. The maximum Gasteiger partial charge on any atom is 0.416 e. The van der Waals surface area contributed by atoms with Crippen LogP contribution >= 0.6 is 0 Å². The van der Waals surface area contributed by atoms with Gasteiger partial charge in [0.1, 0.15) is 0 Å². The normalized spacial score (nSPS) is 12.5. The monoisotopic (exact) mass is 254 g/mol. The number of alkyl halides is 3. The molecule has 0 aromatic heterocycles. The van der Waals surface area contributed by atoms with Gasteiger partial charge in [-0.3, -0.25) is 4.72 Å². The van der Waals surface area contributed by atoms with Crippen LogP contribution in [0.15, 0.2) is 18.2 Å². The van der Waals surface area contributed by atoms with Gasteiger partial charge in [0.25, 0.3) is 0 Å². The summed E-state index contributed by atoms with van der Waals surface area (Å²) >= 11 is 0. The molecule has 0 fully saturated rings. The van der Waals surface area contributed by atoms with Gasteiger partial charge in [0, 0.05) is 0 Å². The molecule has 0 aliphatic heterocycles. The fourth-order valence-corrected chi connectivity index (χ4v) is 1.60. The summed E-state index contributed by atoms with van der Waals surface area (Å²) in [4.78, 5) is 0. The Morgan fingerprint density at radius 1 is 1.31 bits per heavy atom. The van der Waals surface area contributed by atoms with Crippen LogP contribution in [-0.4, -0.2) is 14.7 Å². The predicted molar refractivity (Wildman–Crippen MR) is 54.3 cm³/mol. The lowest BCUT2D eigenvalue weighted by Gasteiger charge is -2.11. The molecule has 0 amide bonds. The van der Waals surface area contributed by atoms with Crippen molar-refractivity contribution in [2.45, 2.75) is 6.18 Å². The topological polar surface area (TPSA) is 72.2 Å². The summed E-state index contributed by atoms with van der Waals surface area (Å²) in [6.45, 7) is 0. The average Bonchev–Trinajstić information content (AvgIpc) is 2.04. The highest BCUT2D eigenvalue weighted by atomic mass is 32.2. The Kier molecular flexibility index (Phi) is 3.04. The van der Waals surface area contributed by atoms with Crippen LogP contribution in [0.1, 0.15) is 5.56 Å². The van der Waals surface area contributed by atoms with Gasteiger partial charge in [0.15, 0.2) is 0 Å². The summed E-state index contributed by atoms with van der Waals surface area (Å²) in [6.07, 6.45) is -3.71. The Hall–Kier alpha value is -1.44. The molecule has 3 N–H and O–H groups in total. The Bertz CT molecular complexity index is 496. The highest BCUT2D eigenvalue weighted by Crippen LogP contribution is 2.33. The second-order valence-electron chi connectivity index (χ2n) is 3.17. The van der Waals surface area contributed by atoms with E-state index in [0.29, 0.717) is 6.07 Å². The first kappa shape index (κ1) is 12.6. The molecular formula is C8H9F3N2O2S. The van der Waals surface area contributed by atoms with E-state index < -0.39 is 21.8 Å². The first-order valence-electron chi connectivity index (χ1n) is 4.04. The standard InChI is InChI=1S/C8H9F3N2O2S/c1-16(14,15)13-7-4-5(8(9,10)11)2-3-6(7)12/h2-4,13H,12H2,1H3. The molecule has 0 unspecified atom stereocenters. The number of nitrogens with two attached hydrogens (primary N) is 1. The molecule has 0 spiro atoms. The van der Waals surface area contributed by atoms with E-state index in [1.165, 1.54) is 0 Å². The molecule has 0 heterocycles. The number of sulfonamides is 1. The lowest BCUT2D eigenvalue weighted by Crippen LogP contribution is -2.13. The molecule has 1 aromatic carbocycles. The third-order valence-corrected chi connectivity index (χ3v) is 2.27. The Labute approximate surface area is 90.3 Å². The molecule has 8 heteroatoms. The van der Waals surface area contributed by atoms with Crippen molar-refractivity contribution in [3.05, 3.63) is 23.8 Å². The van der Waals surface area contributed by atoms with Crippen LogP contribution in [0.5, 0.6) is 0 Å². The molecule has 0 aliphatic rings. The molecule has 0 atom stereocenters. The van der Waals surface area contributed by atoms with Crippen LogP contribution in [0.25, 0.3) is 0 Å². The number of nitrogen functional groups attached to an aromatic ring is 1. The van der Waals surface area contributed by atoms with Crippen LogP contribution in [0, 0.1) is 0 Å². The van der Waals surface area contributed by atoms with Crippen LogP contribution in [0.3, 0.4) is 0 Å². The lowest BCUT2D eigenvalue weighted by molar-refractivity contribution is -0.137. The van der Waals surface area contributed by atoms with Crippen LogP contribution in [0.4, 0.5) is 24.5 Å². The molecule has 1 aromatic rings. The quantitative estimate of drug-likeness (QED) is 0.788. The van der Waals surface area contributed by atoms with E-state index in [1.54, 1.807) is 0 Å². The van der Waals surface area contributed by atoms with E-state index in [0.717, 1.165) is 18.4 Å². The summed E-state index contributed by atoms with van der Waals surface area (Å²) in [5, 5.41) is 0. The van der Waals surface area contributed by atoms with Gasteiger partial charge in [0.05, 0.1) is 23.2 Å². The van der Waals surface area contributed by atoms with Crippen molar-refractivity contribution in [3.8, 4) is 0 Å². The second kappa shape index (κ2) is 3.85. The molecule has 0 saturated carbocycles. The number of nitrogens with one attached hydrogen (secondary N) is 1. The minimum atomic E-state index is -4.54. The average molecular weight is 254 g/mol. The summed E-state index contributed by atoms with van der Waals surface area (Å²) in [7, 11) is -3.66. The molecule has 16 heavy (non-hydrogen) atoms. The fraction of sp³-hybridized carbons (Fsp3) is 0.250. The lowest BCUT2D eigenvalue weighted by atomic mass is 10.2. The number of benzene rings is 1. The van der Waals surface area contributed by atoms with Crippen molar-refractivity contribution in [2.24, 2.45) is 0 Å². The van der Waals surface area contributed by atoms with Crippen molar-refractivity contribution >= 4 is 21.4 Å². The summed E-state index contributed by atoms with van der Waals surface area (Å²) in [6, 6.07) is 2.43. The fourth-order valence-electron chi connectivity index (χ4n) is 1.02. The van der Waals surface area contributed by atoms with Crippen LogP contribution in [-0.2, 0) is 16.2 Å². The van der Waals surface area contributed by atoms with Gasteiger partial charge in [-0.15, -0.1) is 0 Å². The van der Waals surface area contributed by atoms with E-state index in [2.05, 4.69) is 0 Å². The van der Waals surface area contributed by atoms with Crippen molar-refractivity contribution in [1.82, 2.24) is 0 Å². The van der Waals surface area contributed by atoms with Crippen molar-refractivity contribution in [3.63, 3.8) is 0 Å². The maximum absolute atomic E-state index is 12.3. The molecule has 1 rings (SSSR count).